The highest BCUT2D eigenvalue weighted by molar-refractivity contribution is 7.26. The fourth-order valence-corrected chi connectivity index (χ4v) is 10.7. The smallest absolute Gasteiger partial charge is 0.0562 e. The number of rotatable bonds is 7. The first kappa shape index (κ1) is 35.2. The Labute approximate surface area is 358 Å². The number of thiophene rings is 1. The van der Waals surface area contributed by atoms with Crippen molar-refractivity contribution in [1.29, 1.82) is 0 Å². The van der Waals surface area contributed by atoms with Gasteiger partial charge in [0.1, 0.15) is 0 Å². The highest BCUT2D eigenvalue weighted by Gasteiger charge is 2.23. The van der Waals surface area contributed by atoms with Crippen LogP contribution in [0.25, 0.3) is 91.8 Å². The molecule has 0 aliphatic carbocycles. The van der Waals surface area contributed by atoms with E-state index in [9.17, 15) is 0 Å². The number of nitrogens with zero attached hydrogens (tertiary/aromatic N) is 2. The first-order valence-electron chi connectivity index (χ1n) is 20.8. The Kier molecular flexibility index (Phi) is 8.39. The zero-order chi connectivity index (χ0) is 40.3. The second-order valence-corrected chi connectivity index (χ2v) is 16.7. The molecule has 12 aromatic rings. The second kappa shape index (κ2) is 14.5. The molecule has 0 saturated carbocycles. The maximum atomic E-state index is 2.49. The molecule has 3 heteroatoms. The first-order valence-corrected chi connectivity index (χ1v) is 21.7. The SMILES string of the molecule is c1ccc(-c2ccc(-c3cccc4ccccc34)c(N(c3ccccc3)c3ccc4c5ccccc5n(-c5ccccc5-c5cccc6c5sc5ccccc56)c4c3)c2)cc1. The van der Waals surface area contributed by atoms with Crippen LogP contribution in [0.2, 0.25) is 0 Å². The Bertz CT molecular complexity index is 3590. The van der Waals surface area contributed by atoms with Crippen LogP contribution >= 0.6 is 11.3 Å². The maximum absolute atomic E-state index is 2.49. The Morgan fingerprint density at radius 3 is 1.87 bits per heavy atom. The lowest BCUT2D eigenvalue weighted by Crippen LogP contribution is -2.11. The van der Waals surface area contributed by atoms with E-state index in [0.717, 1.165) is 28.3 Å². The number of anilines is 3. The number of aromatic nitrogens is 1. The highest BCUT2D eigenvalue weighted by Crippen LogP contribution is 2.47. The van der Waals surface area contributed by atoms with Crippen LogP contribution in [-0.4, -0.2) is 4.57 Å². The van der Waals surface area contributed by atoms with Gasteiger partial charge in [0.25, 0.3) is 0 Å². The van der Waals surface area contributed by atoms with Crippen molar-refractivity contribution < 1.29 is 0 Å². The van der Waals surface area contributed by atoms with Crippen molar-refractivity contribution >= 4 is 81.1 Å². The minimum absolute atomic E-state index is 1.08. The second-order valence-electron chi connectivity index (χ2n) is 15.6. The molecule has 0 N–H and O–H groups in total. The highest BCUT2D eigenvalue weighted by atomic mass is 32.1. The fourth-order valence-electron chi connectivity index (χ4n) is 9.43. The monoisotopic (exact) mass is 794 g/mol. The minimum Gasteiger partial charge on any atom is -0.310 e. The molecular weight excluding hydrogens is 757 g/mol. The summed E-state index contributed by atoms with van der Waals surface area (Å²) < 4.78 is 5.11. The van der Waals surface area contributed by atoms with Crippen LogP contribution in [0.3, 0.4) is 0 Å². The summed E-state index contributed by atoms with van der Waals surface area (Å²) in [6, 6.07) is 84.3. The van der Waals surface area contributed by atoms with Crippen LogP contribution in [0.5, 0.6) is 0 Å². The lowest BCUT2D eigenvalue weighted by atomic mass is 9.93. The molecule has 0 spiro atoms. The average Bonchev–Trinajstić information content (AvgIpc) is 3.88. The third-order valence-electron chi connectivity index (χ3n) is 12.2. The van der Waals surface area contributed by atoms with Gasteiger partial charge in [0.15, 0.2) is 0 Å². The summed E-state index contributed by atoms with van der Waals surface area (Å²) in [5.41, 5.74) is 14.0. The van der Waals surface area contributed by atoms with Crippen LogP contribution in [0.1, 0.15) is 0 Å². The lowest BCUT2D eigenvalue weighted by molar-refractivity contribution is 1.18. The number of hydrogen-bond acceptors (Lipinski definition) is 2. The zero-order valence-corrected chi connectivity index (χ0v) is 34.1. The molecule has 0 bridgehead atoms. The molecule has 2 heterocycles. The van der Waals surface area contributed by atoms with Crippen LogP contribution < -0.4 is 4.90 Å². The van der Waals surface area contributed by atoms with Crippen molar-refractivity contribution in [3.63, 3.8) is 0 Å². The van der Waals surface area contributed by atoms with Gasteiger partial charge in [0.05, 0.1) is 22.4 Å². The van der Waals surface area contributed by atoms with E-state index < -0.39 is 0 Å². The molecule has 0 radical (unpaired) electrons. The summed E-state index contributed by atoms with van der Waals surface area (Å²) in [7, 11) is 0. The van der Waals surface area contributed by atoms with E-state index in [0.29, 0.717) is 0 Å². The number of benzene rings is 10. The molecule has 2 aromatic heterocycles. The molecule has 0 unspecified atom stereocenters. The van der Waals surface area contributed by atoms with E-state index in [2.05, 4.69) is 240 Å². The molecule has 0 amide bonds. The van der Waals surface area contributed by atoms with Gasteiger partial charge in [-0.05, 0) is 76.0 Å². The molecule has 12 rings (SSSR count). The van der Waals surface area contributed by atoms with Gasteiger partial charge in [-0.2, -0.15) is 0 Å². The molecule has 0 aliphatic heterocycles. The van der Waals surface area contributed by atoms with Gasteiger partial charge in [0, 0.05) is 59.0 Å². The van der Waals surface area contributed by atoms with E-state index in [4.69, 9.17) is 0 Å². The van der Waals surface area contributed by atoms with Gasteiger partial charge < -0.3 is 9.47 Å². The molecule has 61 heavy (non-hydrogen) atoms. The van der Waals surface area contributed by atoms with E-state index in [1.165, 1.54) is 80.6 Å². The van der Waals surface area contributed by atoms with Crippen LogP contribution in [-0.2, 0) is 0 Å². The predicted molar refractivity (Wildman–Crippen MR) is 262 cm³/mol. The summed E-state index contributed by atoms with van der Waals surface area (Å²) in [6.07, 6.45) is 0. The number of fused-ring (bicyclic) bond motifs is 7. The van der Waals surface area contributed by atoms with E-state index >= 15 is 0 Å². The molecule has 0 aliphatic rings. The summed E-state index contributed by atoms with van der Waals surface area (Å²) in [6.45, 7) is 0. The first-order chi connectivity index (χ1) is 30.3. The topological polar surface area (TPSA) is 8.17 Å². The Morgan fingerprint density at radius 1 is 0.344 bits per heavy atom. The Balaban J connectivity index is 1.13. The molecule has 10 aromatic carbocycles. The summed E-state index contributed by atoms with van der Waals surface area (Å²) >= 11 is 1.88. The summed E-state index contributed by atoms with van der Waals surface area (Å²) in [5, 5.41) is 7.51. The third kappa shape index (κ3) is 5.85. The van der Waals surface area contributed by atoms with Gasteiger partial charge >= 0.3 is 0 Å². The molecule has 0 fully saturated rings. The van der Waals surface area contributed by atoms with Crippen molar-refractivity contribution in [2.24, 2.45) is 0 Å². The van der Waals surface area contributed by atoms with Crippen molar-refractivity contribution in [1.82, 2.24) is 4.57 Å². The molecule has 2 nitrogen and oxygen atoms in total. The molecule has 286 valence electrons. The minimum atomic E-state index is 1.08. The van der Waals surface area contributed by atoms with E-state index in [-0.39, 0.29) is 0 Å². The van der Waals surface area contributed by atoms with Gasteiger partial charge in [0.2, 0.25) is 0 Å². The van der Waals surface area contributed by atoms with Gasteiger partial charge in [-0.25, -0.2) is 0 Å². The van der Waals surface area contributed by atoms with Crippen molar-refractivity contribution in [3.05, 3.63) is 231 Å². The standard InChI is InChI=1S/C58H38N2S/c1-3-17-39(18-4-1)41-33-35-48(45-27-15-20-40-19-7-8-23-44(40)45)55(37-41)59(42-21-5-2-6-22-42)43-34-36-49-46-24-9-12-30-53(46)60(56(49)38-43)54-31-13-10-25-47(54)51-28-16-29-52-50-26-11-14-32-57(50)61-58(51)52/h1-38H. The lowest BCUT2D eigenvalue weighted by Gasteiger charge is -2.29. The van der Waals surface area contributed by atoms with Crippen molar-refractivity contribution in [2.45, 2.75) is 0 Å². The largest absolute Gasteiger partial charge is 0.310 e. The van der Waals surface area contributed by atoms with Crippen molar-refractivity contribution in [3.8, 4) is 39.1 Å². The molecular formula is C58H38N2S. The number of para-hydroxylation sites is 3. The van der Waals surface area contributed by atoms with E-state index in [1.54, 1.807) is 0 Å². The van der Waals surface area contributed by atoms with Crippen LogP contribution in [0.15, 0.2) is 231 Å². The quantitative estimate of drug-likeness (QED) is 0.156. The number of hydrogen-bond donors (Lipinski definition) is 0. The molecule has 0 saturated heterocycles. The Hall–Kier alpha value is -7.72. The van der Waals surface area contributed by atoms with Gasteiger partial charge in [-0.15, -0.1) is 11.3 Å². The summed E-state index contributed by atoms with van der Waals surface area (Å²) in [5.74, 6) is 0. The summed E-state index contributed by atoms with van der Waals surface area (Å²) in [4.78, 5) is 2.45. The Morgan fingerprint density at radius 2 is 0.984 bits per heavy atom. The van der Waals surface area contributed by atoms with Gasteiger partial charge in [-0.3, -0.25) is 0 Å². The zero-order valence-electron chi connectivity index (χ0n) is 33.2. The van der Waals surface area contributed by atoms with Gasteiger partial charge in [-0.1, -0.05) is 182 Å². The normalized spacial score (nSPS) is 11.6. The van der Waals surface area contributed by atoms with E-state index in [1.807, 2.05) is 11.3 Å². The molecule has 0 atom stereocenters. The van der Waals surface area contributed by atoms with Crippen molar-refractivity contribution in [2.75, 3.05) is 4.90 Å². The van der Waals surface area contributed by atoms with Crippen LogP contribution in [0.4, 0.5) is 17.1 Å². The average molecular weight is 795 g/mol. The fraction of sp³-hybridized carbons (Fsp3) is 0. The third-order valence-corrected chi connectivity index (χ3v) is 13.4. The van der Waals surface area contributed by atoms with Crippen LogP contribution in [0, 0.1) is 0 Å². The predicted octanol–water partition coefficient (Wildman–Crippen LogP) is 16.8. The maximum Gasteiger partial charge on any atom is 0.0562 e.